The zero-order chi connectivity index (χ0) is 37.8. The van der Waals surface area contributed by atoms with Gasteiger partial charge in [-0.3, -0.25) is 4.79 Å². The van der Waals surface area contributed by atoms with Crippen molar-refractivity contribution >= 4 is 72.2 Å². The molecule has 1 aliphatic heterocycles. The average Bonchev–Trinajstić information content (AvgIpc) is 3.56. The minimum Gasteiger partial charge on any atom is -0.456 e. The number of hydrogen-bond acceptors (Lipinski definition) is 5. The number of hydrogen-bond donors (Lipinski definition) is 0. The van der Waals surface area contributed by atoms with Crippen LogP contribution in [0.1, 0.15) is 6.92 Å². The summed E-state index contributed by atoms with van der Waals surface area (Å²) in [5, 5.41) is 3.20. The summed E-state index contributed by atoms with van der Waals surface area (Å²) in [7, 11) is 0. The quantitative estimate of drug-likeness (QED) is 0.121. The Morgan fingerprint density at radius 2 is 1.32 bits per heavy atom. The minimum atomic E-state index is -0.0524. The Morgan fingerprint density at radius 1 is 0.607 bits per heavy atom. The summed E-state index contributed by atoms with van der Waals surface area (Å²) in [6.45, 7) is 6.20. The standard InChI is InChI=1S/C50H35N3O3/c1-3-5-16-33(4-2)51(34-17-8-6-9-18-34)36-25-27-38-41-31-45-49(56-47-24-15-13-22-42(47)52(45)35-19-10-7-11-20-35)32-44(41)53(43(38)29-36)37-26-28-40-48(30-37)55-46-23-14-12-21-39(46)50(40)54/h3-32H,2H2,1H3/b5-3-,33-16+. The molecule has 0 bridgehead atoms. The number of rotatable bonds is 7. The van der Waals surface area contributed by atoms with E-state index in [1.807, 2.05) is 110 Å². The highest BCUT2D eigenvalue weighted by Crippen LogP contribution is 2.52. The van der Waals surface area contributed by atoms with Crippen LogP contribution in [-0.4, -0.2) is 4.57 Å². The van der Waals surface area contributed by atoms with Gasteiger partial charge in [0.1, 0.15) is 11.2 Å². The van der Waals surface area contributed by atoms with Gasteiger partial charge in [0.15, 0.2) is 11.5 Å². The highest BCUT2D eigenvalue weighted by Gasteiger charge is 2.28. The third-order valence-electron chi connectivity index (χ3n) is 10.4. The highest BCUT2D eigenvalue weighted by atomic mass is 16.5. The van der Waals surface area contributed by atoms with Gasteiger partial charge in [0.2, 0.25) is 5.43 Å². The van der Waals surface area contributed by atoms with Crippen molar-refractivity contribution in [2.75, 3.05) is 9.80 Å². The van der Waals surface area contributed by atoms with E-state index in [1.165, 1.54) is 0 Å². The summed E-state index contributed by atoms with van der Waals surface area (Å²) in [5.41, 5.74) is 9.63. The van der Waals surface area contributed by atoms with Gasteiger partial charge < -0.3 is 23.5 Å². The maximum Gasteiger partial charge on any atom is 0.200 e. The van der Waals surface area contributed by atoms with Crippen LogP contribution >= 0.6 is 0 Å². The van der Waals surface area contributed by atoms with Crippen molar-refractivity contribution in [3.63, 3.8) is 0 Å². The molecular formula is C50H35N3O3. The van der Waals surface area contributed by atoms with E-state index in [9.17, 15) is 4.79 Å². The maximum atomic E-state index is 13.6. The van der Waals surface area contributed by atoms with Crippen LogP contribution in [0.2, 0.25) is 0 Å². The highest BCUT2D eigenvalue weighted by molar-refractivity contribution is 6.13. The number of anilines is 5. The Kier molecular flexibility index (Phi) is 7.89. The molecule has 0 unspecified atom stereocenters. The molecule has 0 spiro atoms. The molecule has 2 aromatic heterocycles. The van der Waals surface area contributed by atoms with Crippen molar-refractivity contribution in [1.82, 2.24) is 4.57 Å². The molecule has 3 heterocycles. The minimum absolute atomic E-state index is 0.0524. The molecule has 0 radical (unpaired) electrons. The van der Waals surface area contributed by atoms with Gasteiger partial charge in [0, 0.05) is 51.4 Å². The van der Waals surface area contributed by atoms with Crippen LogP contribution in [0.5, 0.6) is 11.5 Å². The second kappa shape index (κ2) is 13.4. The summed E-state index contributed by atoms with van der Waals surface area (Å²) in [6.07, 6.45) is 7.98. The molecule has 0 N–H and O–H groups in total. The van der Waals surface area contributed by atoms with E-state index in [0.29, 0.717) is 21.9 Å². The summed E-state index contributed by atoms with van der Waals surface area (Å²) in [5.74, 6) is 1.51. The van der Waals surface area contributed by atoms with Crippen LogP contribution in [0.3, 0.4) is 0 Å². The van der Waals surface area contributed by atoms with E-state index in [-0.39, 0.29) is 5.43 Å². The lowest BCUT2D eigenvalue weighted by molar-refractivity contribution is 0.477. The third kappa shape index (κ3) is 5.30. The van der Waals surface area contributed by atoms with E-state index in [1.54, 1.807) is 0 Å². The number of benzene rings is 7. The van der Waals surface area contributed by atoms with Gasteiger partial charge in [0.05, 0.1) is 33.2 Å². The molecule has 9 aromatic rings. The van der Waals surface area contributed by atoms with Crippen molar-refractivity contribution in [3.05, 3.63) is 205 Å². The maximum absolute atomic E-state index is 13.6. The van der Waals surface area contributed by atoms with Crippen LogP contribution in [-0.2, 0) is 0 Å². The molecule has 7 aromatic carbocycles. The molecule has 10 rings (SSSR count). The van der Waals surface area contributed by atoms with Crippen molar-refractivity contribution in [2.45, 2.75) is 6.92 Å². The predicted octanol–water partition coefficient (Wildman–Crippen LogP) is 13.4. The Balaban J connectivity index is 1.28. The lowest BCUT2D eigenvalue weighted by Gasteiger charge is -2.33. The first kappa shape index (κ1) is 33.0. The average molecular weight is 726 g/mol. The second-order valence-electron chi connectivity index (χ2n) is 13.7. The predicted molar refractivity (Wildman–Crippen MR) is 231 cm³/mol. The van der Waals surface area contributed by atoms with E-state index >= 15 is 0 Å². The second-order valence-corrected chi connectivity index (χ2v) is 13.7. The number of fused-ring (bicyclic) bond motifs is 7. The molecule has 0 fully saturated rings. The number of ether oxygens (including phenoxy) is 1. The molecule has 6 nitrogen and oxygen atoms in total. The van der Waals surface area contributed by atoms with Gasteiger partial charge in [-0.1, -0.05) is 85.5 Å². The number of allylic oxidation sites excluding steroid dienone is 4. The monoisotopic (exact) mass is 725 g/mol. The molecule has 0 atom stereocenters. The first-order valence-electron chi connectivity index (χ1n) is 18.6. The lowest BCUT2D eigenvalue weighted by Crippen LogP contribution is -2.15. The first-order valence-corrected chi connectivity index (χ1v) is 18.6. The van der Waals surface area contributed by atoms with Crippen LogP contribution in [0.25, 0.3) is 49.4 Å². The van der Waals surface area contributed by atoms with Gasteiger partial charge in [-0.25, -0.2) is 0 Å². The van der Waals surface area contributed by atoms with Crippen molar-refractivity contribution < 1.29 is 9.15 Å². The fourth-order valence-electron chi connectivity index (χ4n) is 7.91. The van der Waals surface area contributed by atoms with Gasteiger partial charge in [0.25, 0.3) is 0 Å². The topological polar surface area (TPSA) is 50.9 Å². The molecule has 0 saturated heterocycles. The fourth-order valence-corrected chi connectivity index (χ4v) is 7.91. The van der Waals surface area contributed by atoms with Gasteiger partial charge in [-0.15, -0.1) is 0 Å². The van der Waals surface area contributed by atoms with Gasteiger partial charge in [-0.2, -0.15) is 0 Å². The number of para-hydroxylation sites is 5. The molecule has 6 heteroatoms. The Bertz CT molecular complexity index is 3120. The first-order chi connectivity index (χ1) is 27.6. The summed E-state index contributed by atoms with van der Waals surface area (Å²) in [4.78, 5) is 18.1. The lowest BCUT2D eigenvalue weighted by atomic mass is 10.1. The van der Waals surface area contributed by atoms with Crippen molar-refractivity contribution in [3.8, 4) is 17.2 Å². The zero-order valence-electron chi connectivity index (χ0n) is 30.6. The largest absolute Gasteiger partial charge is 0.456 e. The molecule has 0 saturated carbocycles. The van der Waals surface area contributed by atoms with Crippen LogP contribution in [0.4, 0.5) is 28.4 Å². The van der Waals surface area contributed by atoms with Gasteiger partial charge in [-0.05, 0) is 97.9 Å². The molecular weight excluding hydrogens is 691 g/mol. The summed E-state index contributed by atoms with van der Waals surface area (Å²) >= 11 is 0. The smallest absolute Gasteiger partial charge is 0.200 e. The summed E-state index contributed by atoms with van der Waals surface area (Å²) < 4.78 is 15.4. The molecule has 268 valence electrons. The summed E-state index contributed by atoms with van der Waals surface area (Å²) in [6, 6.07) is 53.0. The molecule has 0 aliphatic carbocycles. The van der Waals surface area contributed by atoms with E-state index < -0.39 is 0 Å². The van der Waals surface area contributed by atoms with E-state index in [0.717, 1.165) is 73.1 Å². The van der Waals surface area contributed by atoms with Crippen LogP contribution in [0.15, 0.2) is 204 Å². The van der Waals surface area contributed by atoms with Crippen molar-refractivity contribution in [1.29, 1.82) is 0 Å². The Labute approximate surface area is 323 Å². The number of nitrogens with zero attached hydrogens (tertiary/aromatic N) is 3. The van der Waals surface area contributed by atoms with Crippen LogP contribution < -0.4 is 20.0 Å². The fraction of sp³-hybridized carbons (Fsp3) is 0.0200. The molecule has 1 aliphatic rings. The SMILES string of the molecule is C=C/C(=C\C=C/C)N(c1ccccc1)c1ccc2c3cc4c(cc3n(-c3ccc5c(=O)c6ccccc6oc5c3)c2c1)Oc1ccccc1N4c1ccccc1. The van der Waals surface area contributed by atoms with Crippen molar-refractivity contribution in [2.24, 2.45) is 0 Å². The number of aromatic nitrogens is 1. The molecule has 0 amide bonds. The molecule has 56 heavy (non-hydrogen) atoms. The van der Waals surface area contributed by atoms with E-state index in [4.69, 9.17) is 9.15 Å². The third-order valence-corrected chi connectivity index (χ3v) is 10.4. The van der Waals surface area contributed by atoms with Crippen LogP contribution in [0, 0.1) is 0 Å². The zero-order valence-corrected chi connectivity index (χ0v) is 30.6. The van der Waals surface area contributed by atoms with Gasteiger partial charge >= 0.3 is 0 Å². The Hall–Kier alpha value is -7.57. The normalized spacial score (nSPS) is 12.7. The Morgan fingerprint density at radius 3 is 2.14 bits per heavy atom. The van der Waals surface area contributed by atoms with E-state index in [2.05, 4.69) is 99.8 Å².